The molecule has 0 heterocycles. The molecule has 0 spiro atoms. The lowest BCUT2D eigenvalue weighted by Gasteiger charge is -2.30. The number of carbonyl (C=O) groups is 1. The first-order chi connectivity index (χ1) is 11.6. The van der Waals surface area contributed by atoms with Crippen LogP contribution in [0.5, 0.6) is 0 Å². The van der Waals surface area contributed by atoms with Crippen molar-refractivity contribution in [2.45, 2.75) is 18.5 Å². The van der Waals surface area contributed by atoms with Gasteiger partial charge in [-0.2, -0.15) is 0 Å². The number of fused-ring (bicyclic) bond motifs is 1. The molecule has 0 bridgehead atoms. The Hall–Kier alpha value is -2.53. The molecule has 4 N–H and O–H groups in total. The Bertz CT molecular complexity index is 710. The van der Waals surface area contributed by atoms with Crippen LogP contribution in [0.15, 0.2) is 42.5 Å². The number of hydrogen-bond acceptors (Lipinski definition) is 4. The van der Waals surface area contributed by atoms with Crippen molar-refractivity contribution in [2.24, 2.45) is 0 Å². The number of carbonyl (C=O) groups excluding carboxylic acids is 1. The van der Waals surface area contributed by atoms with Gasteiger partial charge in [-0.3, -0.25) is 10.1 Å². The highest BCUT2D eigenvalue weighted by Crippen LogP contribution is 2.35. The SMILES string of the molecule is CNc1cc2c(cc1NC)CC(NC)(NC(=O)c1ccccc1)C2. The van der Waals surface area contributed by atoms with Gasteiger partial charge < -0.3 is 16.0 Å². The predicted octanol–water partition coefficient (Wildman–Crippen LogP) is 2.21. The van der Waals surface area contributed by atoms with E-state index in [1.54, 1.807) is 0 Å². The van der Waals surface area contributed by atoms with Crippen molar-refractivity contribution in [3.8, 4) is 0 Å². The summed E-state index contributed by atoms with van der Waals surface area (Å²) in [6, 6.07) is 13.7. The van der Waals surface area contributed by atoms with E-state index in [0.717, 1.165) is 24.2 Å². The molecule has 0 fully saturated rings. The highest BCUT2D eigenvalue weighted by molar-refractivity contribution is 5.94. The Morgan fingerprint density at radius 3 is 1.92 bits per heavy atom. The van der Waals surface area contributed by atoms with Crippen molar-refractivity contribution < 1.29 is 4.79 Å². The normalized spacial score (nSPS) is 14.8. The maximum absolute atomic E-state index is 12.6. The number of benzene rings is 2. The number of nitrogens with one attached hydrogen (secondary N) is 4. The summed E-state index contributed by atoms with van der Waals surface area (Å²) >= 11 is 0. The maximum Gasteiger partial charge on any atom is 0.252 e. The maximum atomic E-state index is 12.6. The van der Waals surface area contributed by atoms with Gasteiger partial charge in [-0.1, -0.05) is 18.2 Å². The Balaban J connectivity index is 1.86. The van der Waals surface area contributed by atoms with E-state index in [2.05, 4.69) is 33.4 Å². The average molecular weight is 324 g/mol. The second kappa shape index (κ2) is 6.53. The van der Waals surface area contributed by atoms with Crippen LogP contribution in [0.3, 0.4) is 0 Å². The van der Waals surface area contributed by atoms with Gasteiger partial charge in [0.05, 0.1) is 17.0 Å². The van der Waals surface area contributed by atoms with Gasteiger partial charge in [0.2, 0.25) is 0 Å². The van der Waals surface area contributed by atoms with Crippen LogP contribution in [-0.2, 0) is 12.8 Å². The van der Waals surface area contributed by atoms with Gasteiger partial charge in [0.25, 0.3) is 5.91 Å². The second-order valence-corrected chi connectivity index (χ2v) is 6.17. The van der Waals surface area contributed by atoms with Crippen molar-refractivity contribution in [1.82, 2.24) is 10.6 Å². The zero-order valence-corrected chi connectivity index (χ0v) is 14.4. The Kier molecular flexibility index (Phi) is 4.44. The van der Waals surface area contributed by atoms with E-state index >= 15 is 0 Å². The third-order valence-electron chi connectivity index (χ3n) is 4.73. The lowest BCUT2D eigenvalue weighted by molar-refractivity contribution is 0.0886. The van der Waals surface area contributed by atoms with E-state index in [9.17, 15) is 4.79 Å². The van der Waals surface area contributed by atoms with Gasteiger partial charge in [0, 0.05) is 32.5 Å². The quantitative estimate of drug-likeness (QED) is 0.637. The smallest absolute Gasteiger partial charge is 0.252 e. The zero-order chi connectivity index (χ0) is 17.2. The predicted molar refractivity (Wildman–Crippen MR) is 98.6 cm³/mol. The number of hydrogen-bond donors (Lipinski definition) is 4. The summed E-state index contributed by atoms with van der Waals surface area (Å²) in [5.74, 6) is -0.0552. The first kappa shape index (κ1) is 16.3. The minimum absolute atomic E-state index is 0.0552. The molecule has 0 unspecified atom stereocenters. The molecule has 1 aliphatic carbocycles. The van der Waals surface area contributed by atoms with Crippen LogP contribution in [0.4, 0.5) is 11.4 Å². The minimum atomic E-state index is -0.452. The van der Waals surface area contributed by atoms with Crippen molar-refractivity contribution in [3.05, 3.63) is 59.2 Å². The standard InChI is InChI=1S/C19H24N4O/c1-20-16-9-14-11-19(22-3,12-15(14)10-17(16)21-2)23-18(24)13-7-5-4-6-8-13/h4-10,20-22H,11-12H2,1-3H3,(H,23,24). The molecule has 1 amide bonds. The van der Waals surface area contributed by atoms with Crippen LogP contribution in [-0.4, -0.2) is 32.7 Å². The summed E-state index contributed by atoms with van der Waals surface area (Å²) in [5.41, 5.74) is 4.86. The van der Waals surface area contributed by atoms with E-state index < -0.39 is 5.66 Å². The third-order valence-corrected chi connectivity index (χ3v) is 4.73. The molecule has 0 aliphatic heterocycles. The van der Waals surface area contributed by atoms with Crippen molar-refractivity contribution >= 4 is 17.3 Å². The van der Waals surface area contributed by atoms with Crippen molar-refractivity contribution in [1.29, 1.82) is 0 Å². The van der Waals surface area contributed by atoms with E-state index in [1.165, 1.54) is 11.1 Å². The monoisotopic (exact) mass is 324 g/mol. The van der Waals surface area contributed by atoms with Crippen LogP contribution in [0.1, 0.15) is 21.5 Å². The molecule has 5 nitrogen and oxygen atoms in total. The lowest BCUT2D eigenvalue weighted by Crippen LogP contribution is -2.58. The van der Waals surface area contributed by atoms with Gasteiger partial charge in [-0.25, -0.2) is 0 Å². The van der Waals surface area contributed by atoms with Crippen molar-refractivity contribution in [2.75, 3.05) is 31.8 Å². The molecular formula is C19H24N4O. The van der Waals surface area contributed by atoms with E-state index in [-0.39, 0.29) is 5.91 Å². The van der Waals surface area contributed by atoms with Crippen LogP contribution < -0.4 is 21.3 Å². The molecule has 0 atom stereocenters. The van der Waals surface area contributed by atoms with Crippen molar-refractivity contribution in [3.63, 3.8) is 0 Å². The van der Waals surface area contributed by atoms with Gasteiger partial charge >= 0.3 is 0 Å². The number of rotatable bonds is 5. The fourth-order valence-corrected chi connectivity index (χ4v) is 3.35. The summed E-state index contributed by atoms with van der Waals surface area (Å²) < 4.78 is 0. The van der Waals surface area contributed by atoms with Crippen LogP contribution in [0.2, 0.25) is 0 Å². The molecule has 24 heavy (non-hydrogen) atoms. The van der Waals surface area contributed by atoms with E-state index in [1.807, 2.05) is 51.5 Å². The Labute approximate surface area is 142 Å². The zero-order valence-electron chi connectivity index (χ0n) is 14.4. The molecule has 2 aromatic rings. The van der Waals surface area contributed by atoms with Gasteiger partial charge in [-0.05, 0) is 42.4 Å². The summed E-state index contributed by atoms with van der Waals surface area (Å²) in [6.45, 7) is 0. The lowest BCUT2D eigenvalue weighted by atomic mass is 10.1. The molecule has 0 saturated heterocycles. The van der Waals surface area contributed by atoms with Gasteiger partial charge in [0.15, 0.2) is 0 Å². The van der Waals surface area contributed by atoms with E-state index in [4.69, 9.17) is 0 Å². The summed E-state index contributed by atoms with van der Waals surface area (Å²) in [7, 11) is 5.73. The molecule has 0 saturated carbocycles. The fourth-order valence-electron chi connectivity index (χ4n) is 3.35. The molecule has 1 aliphatic rings. The second-order valence-electron chi connectivity index (χ2n) is 6.17. The first-order valence-electron chi connectivity index (χ1n) is 8.18. The van der Waals surface area contributed by atoms with Crippen LogP contribution in [0.25, 0.3) is 0 Å². The molecule has 3 rings (SSSR count). The number of amides is 1. The molecule has 0 aromatic heterocycles. The number of likely N-dealkylation sites (N-methyl/N-ethyl adjacent to an activating group) is 1. The summed E-state index contributed by atoms with van der Waals surface area (Å²) in [5, 5.41) is 13.0. The average Bonchev–Trinajstić information content (AvgIpc) is 2.98. The van der Waals surface area contributed by atoms with E-state index in [0.29, 0.717) is 5.56 Å². The molecule has 0 radical (unpaired) electrons. The Morgan fingerprint density at radius 2 is 1.46 bits per heavy atom. The molecular weight excluding hydrogens is 300 g/mol. The van der Waals surface area contributed by atoms with Crippen LogP contribution >= 0.6 is 0 Å². The highest BCUT2D eigenvalue weighted by atomic mass is 16.2. The number of anilines is 2. The summed E-state index contributed by atoms with van der Waals surface area (Å²) in [6.07, 6.45) is 1.52. The highest BCUT2D eigenvalue weighted by Gasteiger charge is 2.38. The summed E-state index contributed by atoms with van der Waals surface area (Å²) in [4.78, 5) is 12.6. The molecule has 2 aromatic carbocycles. The third kappa shape index (κ3) is 2.95. The fraction of sp³-hybridized carbons (Fsp3) is 0.316. The minimum Gasteiger partial charge on any atom is -0.386 e. The van der Waals surface area contributed by atoms with Gasteiger partial charge in [0.1, 0.15) is 0 Å². The molecule has 5 heteroatoms. The van der Waals surface area contributed by atoms with Crippen LogP contribution in [0, 0.1) is 0 Å². The molecule has 126 valence electrons. The first-order valence-corrected chi connectivity index (χ1v) is 8.18. The largest absolute Gasteiger partial charge is 0.386 e. The Morgan fingerprint density at radius 1 is 0.917 bits per heavy atom. The van der Waals surface area contributed by atoms with Gasteiger partial charge in [-0.15, -0.1) is 0 Å². The topological polar surface area (TPSA) is 65.2 Å².